The van der Waals surface area contributed by atoms with Crippen molar-refractivity contribution in [1.82, 2.24) is 15.6 Å². The van der Waals surface area contributed by atoms with Crippen LogP contribution in [0.4, 0.5) is 5.69 Å². The quantitative estimate of drug-likeness (QED) is 0.446. The van der Waals surface area contributed by atoms with Crippen LogP contribution in [0.25, 0.3) is 10.9 Å². The third-order valence-corrected chi connectivity index (χ3v) is 5.12. The highest BCUT2D eigenvalue weighted by atomic mass is 16.2. The van der Waals surface area contributed by atoms with Gasteiger partial charge in [0.2, 0.25) is 5.91 Å². The number of aliphatic imine (C=N–C) groups is 1. The Labute approximate surface area is 171 Å². The summed E-state index contributed by atoms with van der Waals surface area (Å²) in [5.74, 6) is 0.997. The highest BCUT2D eigenvalue weighted by molar-refractivity contribution is 5.95. The second kappa shape index (κ2) is 8.82. The van der Waals surface area contributed by atoms with E-state index in [1.54, 1.807) is 0 Å². The molecule has 6 heteroatoms. The zero-order chi connectivity index (χ0) is 20.1. The van der Waals surface area contributed by atoms with Gasteiger partial charge in [-0.05, 0) is 48.6 Å². The number of H-pyrrole nitrogens is 1. The number of para-hydroxylation sites is 1. The van der Waals surface area contributed by atoms with Crippen molar-refractivity contribution < 1.29 is 4.79 Å². The molecule has 0 radical (unpaired) electrons. The molecule has 0 spiro atoms. The second-order valence-corrected chi connectivity index (χ2v) is 7.25. The molecule has 1 amide bonds. The van der Waals surface area contributed by atoms with Crippen LogP contribution in [0.1, 0.15) is 31.0 Å². The molecule has 1 aliphatic rings. The van der Waals surface area contributed by atoms with Crippen molar-refractivity contribution in [2.24, 2.45) is 4.99 Å². The molecule has 0 aliphatic carbocycles. The van der Waals surface area contributed by atoms with Gasteiger partial charge in [0.25, 0.3) is 0 Å². The maximum absolute atomic E-state index is 11.9. The fourth-order valence-corrected chi connectivity index (χ4v) is 3.62. The predicted molar refractivity (Wildman–Crippen MR) is 118 cm³/mol. The number of hydrogen-bond donors (Lipinski definition) is 3. The molecule has 3 N–H and O–H groups in total. The number of aromatic nitrogens is 1. The molecule has 150 valence electrons. The van der Waals surface area contributed by atoms with Crippen molar-refractivity contribution in [2.75, 3.05) is 18.0 Å². The molecule has 1 saturated heterocycles. The van der Waals surface area contributed by atoms with E-state index in [-0.39, 0.29) is 5.91 Å². The van der Waals surface area contributed by atoms with Gasteiger partial charge < -0.3 is 20.5 Å². The van der Waals surface area contributed by atoms with E-state index in [1.165, 1.54) is 5.39 Å². The van der Waals surface area contributed by atoms with Crippen molar-refractivity contribution in [2.45, 2.75) is 32.9 Å². The van der Waals surface area contributed by atoms with Gasteiger partial charge in [0, 0.05) is 36.4 Å². The number of fused-ring (bicyclic) bond motifs is 1. The van der Waals surface area contributed by atoms with Crippen molar-refractivity contribution >= 4 is 28.5 Å². The molecule has 2 heterocycles. The average Bonchev–Trinajstić information content (AvgIpc) is 3.36. The number of aromatic amines is 1. The van der Waals surface area contributed by atoms with E-state index in [0.717, 1.165) is 47.9 Å². The van der Waals surface area contributed by atoms with Gasteiger partial charge in [-0.2, -0.15) is 0 Å². The minimum Gasteiger partial charge on any atom is -0.357 e. The molecule has 1 aliphatic heterocycles. The maximum atomic E-state index is 11.9. The summed E-state index contributed by atoms with van der Waals surface area (Å²) in [7, 11) is 0. The van der Waals surface area contributed by atoms with Crippen LogP contribution < -0.4 is 15.5 Å². The molecule has 4 rings (SSSR count). The van der Waals surface area contributed by atoms with Crippen molar-refractivity contribution in [3.05, 3.63) is 65.9 Å². The largest absolute Gasteiger partial charge is 0.357 e. The van der Waals surface area contributed by atoms with Crippen LogP contribution in [-0.2, 0) is 17.9 Å². The predicted octanol–water partition coefficient (Wildman–Crippen LogP) is 3.55. The topological polar surface area (TPSA) is 72.5 Å². The summed E-state index contributed by atoms with van der Waals surface area (Å²) in [6, 6.07) is 18.5. The summed E-state index contributed by atoms with van der Waals surface area (Å²) in [6.45, 7) is 4.93. The zero-order valence-electron chi connectivity index (χ0n) is 16.7. The van der Waals surface area contributed by atoms with E-state index in [9.17, 15) is 4.79 Å². The number of nitrogens with one attached hydrogen (secondary N) is 3. The van der Waals surface area contributed by atoms with Gasteiger partial charge in [-0.1, -0.05) is 30.3 Å². The normalized spacial score (nSPS) is 14.6. The molecular weight excluding hydrogens is 362 g/mol. The molecule has 0 bridgehead atoms. The lowest BCUT2D eigenvalue weighted by Crippen LogP contribution is -2.36. The first-order valence-corrected chi connectivity index (χ1v) is 10.2. The average molecular weight is 390 g/mol. The summed E-state index contributed by atoms with van der Waals surface area (Å²) >= 11 is 0. The molecule has 3 aromatic rings. The Hall–Kier alpha value is -3.28. The van der Waals surface area contributed by atoms with Crippen LogP contribution in [0.15, 0.2) is 59.6 Å². The number of anilines is 1. The Morgan fingerprint density at radius 1 is 1.14 bits per heavy atom. The number of guanidine groups is 1. The Balaban J connectivity index is 1.38. The number of carbonyl (C=O) groups is 1. The van der Waals surface area contributed by atoms with Crippen LogP contribution in [-0.4, -0.2) is 29.9 Å². The Morgan fingerprint density at radius 3 is 2.69 bits per heavy atom. The van der Waals surface area contributed by atoms with Crippen molar-refractivity contribution in [3.63, 3.8) is 0 Å². The van der Waals surface area contributed by atoms with Gasteiger partial charge in [0.15, 0.2) is 5.96 Å². The molecule has 6 nitrogen and oxygen atoms in total. The first-order chi connectivity index (χ1) is 14.2. The van der Waals surface area contributed by atoms with Gasteiger partial charge in [-0.25, -0.2) is 4.99 Å². The van der Waals surface area contributed by atoms with Gasteiger partial charge in [-0.3, -0.25) is 4.79 Å². The number of nitrogens with zero attached hydrogens (tertiary/aromatic N) is 2. The van der Waals surface area contributed by atoms with Gasteiger partial charge >= 0.3 is 0 Å². The van der Waals surface area contributed by atoms with Crippen LogP contribution in [0, 0.1) is 0 Å². The molecule has 2 aromatic carbocycles. The number of carbonyl (C=O) groups excluding carboxylic acids is 1. The monoisotopic (exact) mass is 389 g/mol. The number of amides is 1. The molecule has 1 aromatic heterocycles. The number of benzene rings is 2. The SMILES string of the molecule is CCNC(=NCc1ccc(N2CCCC2=O)cc1)NCc1cc2ccccc2[nH]1. The lowest BCUT2D eigenvalue weighted by molar-refractivity contribution is -0.117. The second-order valence-electron chi connectivity index (χ2n) is 7.25. The fourth-order valence-electron chi connectivity index (χ4n) is 3.62. The fraction of sp³-hybridized carbons (Fsp3) is 0.304. The van der Waals surface area contributed by atoms with E-state index in [4.69, 9.17) is 4.99 Å². The number of rotatable bonds is 6. The van der Waals surface area contributed by atoms with Gasteiger partial charge in [-0.15, -0.1) is 0 Å². The van der Waals surface area contributed by atoms with Gasteiger partial charge in [0.05, 0.1) is 13.1 Å². The van der Waals surface area contributed by atoms with E-state index >= 15 is 0 Å². The van der Waals surface area contributed by atoms with Crippen LogP contribution >= 0.6 is 0 Å². The first-order valence-electron chi connectivity index (χ1n) is 10.2. The lowest BCUT2D eigenvalue weighted by Gasteiger charge is -2.15. The molecule has 0 saturated carbocycles. The molecular formula is C23H27N5O. The number of hydrogen-bond acceptors (Lipinski definition) is 2. The molecule has 0 unspecified atom stereocenters. The first kappa shape index (κ1) is 19.1. The van der Waals surface area contributed by atoms with Crippen LogP contribution in [0.3, 0.4) is 0 Å². The highest BCUT2D eigenvalue weighted by Gasteiger charge is 2.21. The summed E-state index contributed by atoms with van der Waals surface area (Å²) in [5.41, 5.74) is 4.35. The summed E-state index contributed by atoms with van der Waals surface area (Å²) in [6.07, 6.45) is 1.60. The molecule has 1 fully saturated rings. The molecule has 0 atom stereocenters. The van der Waals surface area contributed by atoms with Crippen molar-refractivity contribution in [1.29, 1.82) is 0 Å². The van der Waals surface area contributed by atoms with Crippen LogP contribution in [0.5, 0.6) is 0 Å². The van der Waals surface area contributed by atoms with Crippen LogP contribution in [0.2, 0.25) is 0 Å². The Bertz CT molecular complexity index is 973. The Kier molecular flexibility index (Phi) is 5.79. The minimum absolute atomic E-state index is 0.214. The highest BCUT2D eigenvalue weighted by Crippen LogP contribution is 2.21. The summed E-state index contributed by atoms with van der Waals surface area (Å²) < 4.78 is 0. The minimum atomic E-state index is 0.214. The Morgan fingerprint density at radius 2 is 1.97 bits per heavy atom. The zero-order valence-corrected chi connectivity index (χ0v) is 16.7. The maximum Gasteiger partial charge on any atom is 0.227 e. The van der Waals surface area contributed by atoms with E-state index in [1.807, 2.05) is 41.3 Å². The molecule has 29 heavy (non-hydrogen) atoms. The van der Waals surface area contributed by atoms with E-state index < -0.39 is 0 Å². The lowest BCUT2D eigenvalue weighted by atomic mass is 10.2. The van der Waals surface area contributed by atoms with E-state index in [2.05, 4.69) is 40.7 Å². The smallest absolute Gasteiger partial charge is 0.227 e. The summed E-state index contributed by atoms with van der Waals surface area (Å²) in [5, 5.41) is 7.89. The third-order valence-electron chi connectivity index (χ3n) is 5.12. The van der Waals surface area contributed by atoms with E-state index in [0.29, 0.717) is 19.5 Å². The third kappa shape index (κ3) is 4.59. The standard InChI is InChI=1S/C23H27N5O/c1-2-24-23(26-16-19-14-18-6-3-4-7-21(18)27-19)25-15-17-9-11-20(12-10-17)28-13-5-8-22(28)29/h3-4,6-7,9-12,14,27H,2,5,8,13,15-16H2,1H3,(H2,24,25,26). The van der Waals surface area contributed by atoms with Gasteiger partial charge in [0.1, 0.15) is 0 Å². The summed E-state index contributed by atoms with van der Waals surface area (Å²) in [4.78, 5) is 21.9. The van der Waals surface area contributed by atoms with Crippen molar-refractivity contribution in [3.8, 4) is 0 Å².